The van der Waals surface area contributed by atoms with Crippen LogP contribution in [0.1, 0.15) is 0 Å². The third-order valence-electron chi connectivity index (χ3n) is 8.73. The fourth-order valence-electron chi connectivity index (χ4n) is 6.50. The van der Waals surface area contributed by atoms with E-state index in [1.54, 1.807) is 46.2 Å². The fourth-order valence-corrected chi connectivity index (χ4v) is 12.5. The first-order valence-electron chi connectivity index (χ1n) is 15.7. The third-order valence-corrected chi connectivity index (χ3v) is 15.0. The van der Waals surface area contributed by atoms with Gasteiger partial charge in [0.15, 0.2) is 0 Å². The van der Waals surface area contributed by atoms with Crippen LogP contribution in [0.15, 0.2) is 164 Å². The van der Waals surface area contributed by atoms with E-state index >= 15 is 8.42 Å². The summed E-state index contributed by atoms with van der Waals surface area (Å²) in [4.78, 5) is 0.670. The quantitative estimate of drug-likeness (QED) is 0.146. The lowest BCUT2D eigenvalue weighted by Crippen LogP contribution is -2.05. The maximum absolute atomic E-state index is 15.8. The SMILES string of the molecule is CSc1sc2cc(-c3ccccc3)cc(S(=O)(=O)c3cc(-c4ccccc4)cc4sc(SC)c(-c5ccccc5)c34)c2c1-c1ccccc1. The third kappa shape index (κ3) is 5.73. The highest BCUT2D eigenvalue weighted by Crippen LogP contribution is 2.52. The molecule has 0 aliphatic heterocycles. The summed E-state index contributed by atoms with van der Waals surface area (Å²) in [5, 5.41) is 1.56. The van der Waals surface area contributed by atoms with Crippen molar-refractivity contribution in [1.82, 2.24) is 0 Å². The maximum atomic E-state index is 15.8. The van der Waals surface area contributed by atoms with Gasteiger partial charge in [-0.2, -0.15) is 0 Å². The van der Waals surface area contributed by atoms with Crippen molar-refractivity contribution >= 4 is 76.2 Å². The molecule has 0 spiro atoms. The van der Waals surface area contributed by atoms with E-state index in [9.17, 15) is 0 Å². The minimum absolute atomic E-state index is 0.335. The van der Waals surface area contributed by atoms with Gasteiger partial charge in [0.1, 0.15) is 0 Å². The molecular formula is C42H30O2S5. The van der Waals surface area contributed by atoms with Crippen LogP contribution in [0.4, 0.5) is 0 Å². The summed E-state index contributed by atoms with van der Waals surface area (Å²) >= 11 is 6.65. The number of thiophene rings is 2. The molecule has 0 bridgehead atoms. The Morgan fingerprint density at radius 1 is 0.429 bits per heavy atom. The van der Waals surface area contributed by atoms with E-state index in [2.05, 4.69) is 48.9 Å². The number of rotatable bonds is 8. The van der Waals surface area contributed by atoms with Crippen LogP contribution in [-0.2, 0) is 9.84 Å². The van der Waals surface area contributed by atoms with Crippen LogP contribution in [-0.4, -0.2) is 20.9 Å². The van der Waals surface area contributed by atoms with Gasteiger partial charge in [-0.1, -0.05) is 121 Å². The number of fused-ring (bicyclic) bond motifs is 2. The summed E-state index contributed by atoms with van der Waals surface area (Å²) < 4.78 is 35.7. The van der Waals surface area contributed by atoms with E-state index in [1.807, 2.05) is 109 Å². The zero-order chi connectivity index (χ0) is 33.5. The van der Waals surface area contributed by atoms with Crippen LogP contribution in [0.25, 0.3) is 64.7 Å². The minimum atomic E-state index is -4.11. The van der Waals surface area contributed by atoms with Gasteiger partial charge < -0.3 is 0 Å². The Balaban J connectivity index is 1.52. The van der Waals surface area contributed by atoms with Crippen molar-refractivity contribution in [2.45, 2.75) is 18.2 Å². The summed E-state index contributed by atoms with van der Waals surface area (Å²) in [6, 6.07) is 48.7. The average Bonchev–Trinajstić information content (AvgIpc) is 3.73. The standard InChI is InChI=1S/C42H30O2S5/c1-45-41-37(29-19-11-5-12-20-29)39-33(47-41)23-31(27-15-7-3-8-16-27)25-35(39)49(43,44)36-26-32(28-17-9-4-10-18-28)24-34-40(36)38(42(46-2)48-34)30-21-13-6-14-22-30/h3-26H,1-2H3. The van der Waals surface area contributed by atoms with E-state index in [1.165, 1.54) is 0 Å². The normalized spacial score (nSPS) is 11.8. The molecule has 2 nitrogen and oxygen atoms in total. The maximum Gasteiger partial charge on any atom is 0.207 e. The highest BCUT2D eigenvalue weighted by Gasteiger charge is 2.31. The van der Waals surface area contributed by atoms with Crippen molar-refractivity contribution in [3.8, 4) is 44.5 Å². The number of hydrogen-bond acceptors (Lipinski definition) is 6. The first-order chi connectivity index (χ1) is 24.0. The lowest BCUT2D eigenvalue weighted by Gasteiger charge is -2.15. The predicted molar refractivity (Wildman–Crippen MR) is 214 cm³/mol. The summed E-state index contributed by atoms with van der Waals surface area (Å²) in [6.45, 7) is 0. The molecule has 0 aliphatic carbocycles. The van der Waals surface area contributed by atoms with E-state index in [0.717, 1.165) is 73.1 Å². The second kappa shape index (κ2) is 13.3. The minimum Gasteiger partial charge on any atom is -0.218 e. The van der Waals surface area contributed by atoms with E-state index in [0.29, 0.717) is 9.79 Å². The monoisotopic (exact) mass is 726 g/mol. The lowest BCUT2D eigenvalue weighted by molar-refractivity contribution is 0.598. The molecule has 0 aliphatic rings. The molecule has 0 atom stereocenters. The molecule has 0 N–H and O–H groups in total. The highest BCUT2D eigenvalue weighted by atomic mass is 32.2. The van der Waals surface area contributed by atoms with Crippen molar-refractivity contribution in [2.75, 3.05) is 12.5 Å². The largest absolute Gasteiger partial charge is 0.218 e. The second-order valence-electron chi connectivity index (χ2n) is 11.6. The van der Waals surface area contributed by atoms with Crippen LogP contribution >= 0.6 is 46.2 Å². The first-order valence-corrected chi connectivity index (χ1v) is 21.3. The predicted octanol–water partition coefficient (Wildman–Crippen LogP) is 13.1. The molecule has 240 valence electrons. The molecule has 2 aromatic heterocycles. The Morgan fingerprint density at radius 2 is 0.755 bits per heavy atom. The van der Waals surface area contributed by atoms with Gasteiger partial charge in [0.05, 0.1) is 18.2 Å². The smallest absolute Gasteiger partial charge is 0.207 e. The van der Waals surface area contributed by atoms with E-state index in [-0.39, 0.29) is 0 Å². The van der Waals surface area contributed by atoms with Crippen LogP contribution in [0.2, 0.25) is 0 Å². The molecule has 0 unspecified atom stereocenters. The van der Waals surface area contributed by atoms with Crippen molar-refractivity contribution in [3.05, 3.63) is 146 Å². The molecule has 8 aromatic rings. The molecule has 8 rings (SSSR count). The zero-order valence-electron chi connectivity index (χ0n) is 26.7. The Bertz CT molecular complexity index is 2380. The van der Waals surface area contributed by atoms with Gasteiger partial charge in [-0.05, 0) is 70.2 Å². The molecule has 49 heavy (non-hydrogen) atoms. The summed E-state index contributed by atoms with van der Waals surface area (Å²) in [5.74, 6) is 0. The first kappa shape index (κ1) is 32.1. The number of sulfone groups is 1. The van der Waals surface area contributed by atoms with Crippen LogP contribution in [0, 0.1) is 0 Å². The van der Waals surface area contributed by atoms with Gasteiger partial charge in [-0.25, -0.2) is 8.42 Å². The average molecular weight is 727 g/mol. The second-order valence-corrected chi connectivity index (χ2v) is 17.7. The van der Waals surface area contributed by atoms with Gasteiger partial charge in [-0.3, -0.25) is 0 Å². The van der Waals surface area contributed by atoms with Gasteiger partial charge in [0, 0.05) is 31.3 Å². The molecule has 2 heterocycles. The Labute approximate surface area is 303 Å². The topological polar surface area (TPSA) is 34.1 Å². The molecule has 0 fully saturated rings. The Kier molecular flexibility index (Phi) is 8.72. The Morgan fingerprint density at radius 3 is 1.08 bits per heavy atom. The van der Waals surface area contributed by atoms with Gasteiger partial charge in [0.25, 0.3) is 0 Å². The number of thioether (sulfide) groups is 2. The van der Waals surface area contributed by atoms with Crippen molar-refractivity contribution in [1.29, 1.82) is 0 Å². The molecular weight excluding hydrogens is 697 g/mol. The summed E-state index contributed by atoms with van der Waals surface area (Å²) in [6.07, 6.45) is 4.13. The molecule has 0 saturated carbocycles. The fraction of sp³-hybridized carbons (Fsp3) is 0.0476. The summed E-state index contributed by atoms with van der Waals surface area (Å²) in [5.41, 5.74) is 7.69. The molecule has 6 aromatic carbocycles. The zero-order valence-corrected chi connectivity index (χ0v) is 30.8. The van der Waals surface area contributed by atoms with Crippen molar-refractivity contribution in [3.63, 3.8) is 0 Å². The van der Waals surface area contributed by atoms with E-state index < -0.39 is 9.84 Å². The molecule has 0 amide bonds. The van der Waals surface area contributed by atoms with Crippen LogP contribution < -0.4 is 0 Å². The van der Waals surface area contributed by atoms with Crippen molar-refractivity contribution < 1.29 is 8.42 Å². The lowest BCUT2D eigenvalue weighted by atomic mass is 10.0. The van der Waals surface area contributed by atoms with Crippen molar-refractivity contribution in [2.24, 2.45) is 0 Å². The van der Waals surface area contributed by atoms with Gasteiger partial charge in [-0.15, -0.1) is 46.2 Å². The highest BCUT2D eigenvalue weighted by molar-refractivity contribution is 8.01. The van der Waals surface area contributed by atoms with Gasteiger partial charge in [0.2, 0.25) is 9.84 Å². The molecule has 0 radical (unpaired) electrons. The number of hydrogen-bond donors (Lipinski definition) is 0. The van der Waals surface area contributed by atoms with Crippen LogP contribution in [0.3, 0.4) is 0 Å². The molecule has 0 saturated heterocycles. The summed E-state index contributed by atoms with van der Waals surface area (Å²) in [7, 11) is -4.11. The Hall–Kier alpha value is -4.11. The van der Waals surface area contributed by atoms with E-state index in [4.69, 9.17) is 0 Å². The molecule has 7 heteroatoms. The number of benzene rings is 6. The van der Waals surface area contributed by atoms with Gasteiger partial charge >= 0.3 is 0 Å². The van der Waals surface area contributed by atoms with Crippen LogP contribution in [0.5, 0.6) is 0 Å².